The number of rotatable bonds is 5. The molecule has 1 N–H and O–H groups in total. The van der Waals surface area contributed by atoms with Crippen molar-refractivity contribution in [2.45, 2.75) is 11.8 Å². The van der Waals surface area contributed by atoms with E-state index in [0.717, 1.165) is 5.56 Å². The minimum absolute atomic E-state index is 0.167. The van der Waals surface area contributed by atoms with Crippen molar-refractivity contribution in [1.82, 2.24) is 9.29 Å². The minimum Gasteiger partial charge on any atom is -0.379 e. The molecule has 1 aliphatic heterocycles. The Kier molecular flexibility index (Phi) is 6.15. The molecule has 0 spiro atoms. The summed E-state index contributed by atoms with van der Waals surface area (Å²) in [6.07, 6.45) is 0. The van der Waals surface area contributed by atoms with Crippen molar-refractivity contribution in [1.29, 1.82) is 0 Å². The summed E-state index contributed by atoms with van der Waals surface area (Å²) < 4.78 is 45.1. The number of morpholine rings is 1. The zero-order valence-electron chi connectivity index (χ0n) is 16.7. The van der Waals surface area contributed by atoms with Crippen LogP contribution in [0.3, 0.4) is 0 Å². The first-order valence-electron chi connectivity index (χ1n) is 9.57. The van der Waals surface area contributed by atoms with E-state index in [1.807, 2.05) is 0 Å². The van der Waals surface area contributed by atoms with Crippen LogP contribution >= 0.6 is 11.3 Å². The fourth-order valence-electron chi connectivity index (χ4n) is 3.16. The molecule has 0 bridgehead atoms. The van der Waals surface area contributed by atoms with E-state index in [-0.39, 0.29) is 16.6 Å². The number of carbonyl (C=O) groups is 1. The molecule has 31 heavy (non-hydrogen) atoms. The third-order valence-corrected chi connectivity index (χ3v) is 7.93. The second-order valence-corrected chi connectivity index (χ2v) is 9.87. The summed E-state index contributed by atoms with van der Waals surface area (Å²) >= 11 is 1.21. The molecule has 2 heterocycles. The maximum absolute atomic E-state index is 13.1. The number of thiazole rings is 1. The highest BCUT2D eigenvalue weighted by Crippen LogP contribution is 2.29. The number of halogens is 1. The molecule has 3 aromatic rings. The van der Waals surface area contributed by atoms with Gasteiger partial charge in [0.2, 0.25) is 10.0 Å². The topological polar surface area (TPSA) is 88.6 Å². The molecule has 1 aromatic heterocycles. The summed E-state index contributed by atoms with van der Waals surface area (Å²) in [6, 6.07) is 12.0. The Morgan fingerprint density at radius 1 is 1.10 bits per heavy atom. The Bertz CT molecular complexity index is 1190. The lowest BCUT2D eigenvalue weighted by molar-refractivity contribution is 0.0730. The Balaban J connectivity index is 1.48. The normalized spacial score (nSPS) is 15.0. The second-order valence-electron chi connectivity index (χ2n) is 6.94. The average molecular weight is 462 g/mol. The molecular weight excluding hydrogens is 441 g/mol. The Labute approximate surface area is 183 Å². The molecule has 4 rings (SSSR count). The minimum atomic E-state index is -3.59. The first kappa shape index (κ1) is 21.6. The zero-order valence-corrected chi connectivity index (χ0v) is 18.3. The number of aromatic nitrogens is 1. The van der Waals surface area contributed by atoms with Crippen LogP contribution in [0.1, 0.15) is 15.4 Å². The van der Waals surface area contributed by atoms with Crippen LogP contribution in [0, 0.1) is 12.7 Å². The number of ether oxygens (including phenoxy) is 1. The third-order valence-electron chi connectivity index (χ3n) is 4.81. The number of carbonyl (C=O) groups excluding carboxylic acids is 1. The summed E-state index contributed by atoms with van der Waals surface area (Å²) in [5.74, 6) is -0.679. The number of nitrogens with one attached hydrogen (secondary N) is 1. The van der Waals surface area contributed by atoms with Gasteiger partial charge in [-0.3, -0.25) is 4.79 Å². The number of amides is 1. The number of benzene rings is 2. The largest absolute Gasteiger partial charge is 0.379 e. The number of hydrogen-bond acceptors (Lipinski definition) is 6. The molecule has 1 aliphatic rings. The van der Waals surface area contributed by atoms with E-state index in [0.29, 0.717) is 47.6 Å². The molecule has 162 valence electrons. The van der Waals surface area contributed by atoms with E-state index in [9.17, 15) is 17.6 Å². The highest BCUT2D eigenvalue weighted by atomic mass is 32.2. The van der Waals surface area contributed by atoms with E-state index in [1.54, 1.807) is 31.2 Å². The number of hydrogen-bond donors (Lipinski definition) is 1. The highest BCUT2D eigenvalue weighted by molar-refractivity contribution is 7.89. The molecule has 10 heteroatoms. The van der Waals surface area contributed by atoms with Crippen molar-refractivity contribution in [3.63, 3.8) is 0 Å². The highest BCUT2D eigenvalue weighted by Gasteiger charge is 2.26. The van der Waals surface area contributed by atoms with Gasteiger partial charge in [0.25, 0.3) is 5.91 Å². The Morgan fingerprint density at radius 3 is 2.39 bits per heavy atom. The number of nitrogens with zero attached hydrogens (tertiary/aromatic N) is 2. The molecule has 2 aromatic carbocycles. The van der Waals surface area contributed by atoms with Crippen LogP contribution in [0.2, 0.25) is 0 Å². The van der Waals surface area contributed by atoms with Crippen LogP contribution in [0.15, 0.2) is 53.4 Å². The zero-order chi connectivity index (χ0) is 22.0. The first-order valence-corrected chi connectivity index (χ1v) is 11.8. The standard InChI is InChI=1S/C21H20FN3O4S2/c1-14-19(30-21(23-14)15-2-4-16(22)5-3-15)20(26)24-17-6-8-18(9-7-17)31(27,28)25-10-12-29-13-11-25/h2-9H,10-13H2,1H3,(H,24,26). The van der Waals surface area contributed by atoms with Crippen LogP contribution < -0.4 is 5.32 Å². The van der Waals surface area contributed by atoms with E-state index in [1.165, 1.54) is 39.9 Å². The molecule has 0 radical (unpaired) electrons. The number of sulfonamides is 1. The summed E-state index contributed by atoms with van der Waals surface area (Å²) in [6.45, 7) is 3.13. The van der Waals surface area contributed by atoms with Gasteiger partial charge < -0.3 is 10.1 Å². The summed E-state index contributed by atoms with van der Waals surface area (Å²) in [4.78, 5) is 17.7. The smallest absolute Gasteiger partial charge is 0.267 e. The van der Waals surface area contributed by atoms with Gasteiger partial charge in [-0.15, -0.1) is 11.3 Å². The second kappa shape index (κ2) is 8.83. The molecule has 1 saturated heterocycles. The molecule has 1 fully saturated rings. The molecule has 0 aliphatic carbocycles. The maximum Gasteiger partial charge on any atom is 0.267 e. The fraction of sp³-hybridized carbons (Fsp3) is 0.238. The van der Waals surface area contributed by atoms with Crippen LogP contribution in [0.25, 0.3) is 10.6 Å². The van der Waals surface area contributed by atoms with Gasteiger partial charge in [0.1, 0.15) is 15.7 Å². The molecule has 7 nitrogen and oxygen atoms in total. The van der Waals surface area contributed by atoms with Gasteiger partial charge in [-0.25, -0.2) is 17.8 Å². The van der Waals surface area contributed by atoms with Gasteiger partial charge in [0.15, 0.2) is 0 Å². The monoisotopic (exact) mass is 461 g/mol. The lowest BCUT2D eigenvalue weighted by Gasteiger charge is -2.26. The Hall–Kier alpha value is -2.66. The predicted molar refractivity (Wildman–Crippen MR) is 116 cm³/mol. The summed E-state index contributed by atoms with van der Waals surface area (Å²) in [5, 5.41) is 3.39. The molecule has 0 atom stereocenters. The Morgan fingerprint density at radius 2 is 1.74 bits per heavy atom. The van der Waals surface area contributed by atoms with Gasteiger partial charge in [-0.1, -0.05) is 0 Å². The van der Waals surface area contributed by atoms with Crippen molar-refractivity contribution in [2.75, 3.05) is 31.6 Å². The maximum atomic E-state index is 13.1. The van der Waals surface area contributed by atoms with Crippen molar-refractivity contribution in [2.24, 2.45) is 0 Å². The van der Waals surface area contributed by atoms with Gasteiger partial charge in [-0.2, -0.15) is 4.31 Å². The molecular formula is C21H20FN3O4S2. The lowest BCUT2D eigenvalue weighted by Crippen LogP contribution is -2.40. The van der Waals surface area contributed by atoms with Gasteiger partial charge in [-0.05, 0) is 55.5 Å². The summed E-state index contributed by atoms with van der Waals surface area (Å²) in [5.41, 5.74) is 1.77. The van der Waals surface area contributed by atoms with Gasteiger partial charge in [0, 0.05) is 24.3 Å². The number of aryl methyl sites for hydroxylation is 1. The first-order chi connectivity index (χ1) is 14.8. The third kappa shape index (κ3) is 4.67. The summed E-state index contributed by atoms with van der Waals surface area (Å²) in [7, 11) is -3.59. The van der Waals surface area contributed by atoms with Crippen molar-refractivity contribution < 1.29 is 22.3 Å². The number of anilines is 1. The lowest BCUT2D eigenvalue weighted by atomic mass is 10.2. The van der Waals surface area contributed by atoms with Gasteiger partial charge in [0.05, 0.1) is 23.8 Å². The predicted octanol–water partition coefficient (Wildman–Crippen LogP) is 3.53. The van der Waals surface area contributed by atoms with Crippen LogP contribution in [-0.4, -0.2) is 49.9 Å². The van der Waals surface area contributed by atoms with E-state index < -0.39 is 10.0 Å². The van der Waals surface area contributed by atoms with Crippen molar-refractivity contribution in [3.05, 3.63) is 64.9 Å². The van der Waals surface area contributed by atoms with E-state index >= 15 is 0 Å². The van der Waals surface area contributed by atoms with Gasteiger partial charge >= 0.3 is 0 Å². The molecule has 0 unspecified atom stereocenters. The SMILES string of the molecule is Cc1nc(-c2ccc(F)cc2)sc1C(=O)Nc1ccc(S(=O)(=O)N2CCOCC2)cc1. The van der Waals surface area contributed by atoms with Crippen LogP contribution in [-0.2, 0) is 14.8 Å². The fourth-order valence-corrected chi connectivity index (χ4v) is 5.53. The van der Waals surface area contributed by atoms with E-state index in [2.05, 4.69) is 10.3 Å². The van der Waals surface area contributed by atoms with Crippen LogP contribution in [0.5, 0.6) is 0 Å². The van der Waals surface area contributed by atoms with Crippen LogP contribution in [0.4, 0.5) is 10.1 Å². The average Bonchev–Trinajstić information content (AvgIpc) is 3.17. The van der Waals surface area contributed by atoms with E-state index in [4.69, 9.17) is 4.74 Å². The quantitative estimate of drug-likeness (QED) is 0.628. The molecule has 0 saturated carbocycles. The van der Waals surface area contributed by atoms with Crippen molar-refractivity contribution in [3.8, 4) is 10.6 Å². The molecule has 1 amide bonds. The van der Waals surface area contributed by atoms with Crippen molar-refractivity contribution >= 4 is 33.0 Å².